The summed E-state index contributed by atoms with van der Waals surface area (Å²) in [4.78, 5) is 11.1. The zero-order chi connectivity index (χ0) is 13.7. The van der Waals surface area contributed by atoms with Crippen LogP contribution in [0.3, 0.4) is 0 Å². The number of aryl methyl sites for hydroxylation is 1. The number of aromatic nitrogens is 2. The number of nitrogens with zero attached hydrogens (tertiary/aromatic N) is 2. The molecular weight excluding hydrogens is 262 g/mol. The van der Waals surface area contributed by atoms with E-state index in [0.29, 0.717) is 24.9 Å². The largest absolute Gasteiger partial charge is 0.477 e. The van der Waals surface area contributed by atoms with Gasteiger partial charge in [-0.25, -0.2) is 4.98 Å². The van der Waals surface area contributed by atoms with Crippen molar-refractivity contribution in [3.05, 3.63) is 10.9 Å². The minimum atomic E-state index is 0.123. The molecule has 6 heteroatoms. The van der Waals surface area contributed by atoms with Gasteiger partial charge in [0.1, 0.15) is 4.83 Å². The Bertz CT molecular complexity index is 542. The third-order valence-corrected chi connectivity index (χ3v) is 3.81. The summed E-state index contributed by atoms with van der Waals surface area (Å²) in [6.45, 7) is 5.48. The van der Waals surface area contributed by atoms with E-state index in [1.807, 2.05) is 6.92 Å². The molecule has 0 aromatic carbocycles. The van der Waals surface area contributed by atoms with Crippen LogP contribution in [0.5, 0.6) is 5.88 Å². The lowest BCUT2D eigenvalue weighted by molar-refractivity contribution is 0.231. The number of thiophene rings is 1. The Balaban J connectivity index is 2.35. The molecule has 0 radical (unpaired) electrons. The van der Waals surface area contributed by atoms with Gasteiger partial charge in [0.15, 0.2) is 0 Å². The molecule has 2 aromatic heterocycles. The highest BCUT2D eigenvalue weighted by Gasteiger charge is 2.12. The quantitative estimate of drug-likeness (QED) is 0.763. The first-order valence-electron chi connectivity index (χ1n) is 6.56. The molecule has 0 bridgehead atoms. The molecule has 19 heavy (non-hydrogen) atoms. The Morgan fingerprint density at radius 1 is 1.37 bits per heavy atom. The Hall–Kier alpha value is -1.40. The molecule has 2 N–H and O–H groups in total. The Morgan fingerprint density at radius 2 is 2.21 bits per heavy atom. The molecule has 0 aliphatic heterocycles. The van der Waals surface area contributed by atoms with Crippen LogP contribution in [0.15, 0.2) is 6.07 Å². The normalized spacial score (nSPS) is 10.9. The SMILES string of the molecule is CCNc1nc(OCCCO)c2cc(CC)sc2n1. The number of nitrogens with one attached hydrogen (secondary N) is 1. The van der Waals surface area contributed by atoms with Gasteiger partial charge in [0.25, 0.3) is 0 Å². The maximum atomic E-state index is 8.82. The van der Waals surface area contributed by atoms with Gasteiger partial charge >= 0.3 is 0 Å². The summed E-state index contributed by atoms with van der Waals surface area (Å²) >= 11 is 1.67. The van der Waals surface area contributed by atoms with E-state index in [9.17, 15) is 0 Å². The fourth-order valence-corrected chi connectivity index (χ4v) is 2.66. The van der Waals surface area contributed by atoms with Crippen molar-refractivity contribution in [2.45, 2.75) is 26.7 Å². The lowest BCUT2D eigenvalue weighted by atomic mass is 10.3. The summed E-state index contributed by atoms with van der Waals surface area (Å²) in [5, 5.41) is 12.9. The minimum absolute atomic E-state index is 0.123. The molecule has 0 unspecified atom stereocenters. The van der Waals surface area contributed by atoms with Crippen LogP contribution < -0.4 is 10.1 Å². The average Bonchev–Trinajstić information content (AvgIpc) is 2.82. The summed E-state index contributed by atoms with van der Waals surface area (Å²) in [5.41, 5.74) is 0. The van der Waals surface area contributed by atoms with Crippen molar-refractivity contribution in [2.24, 2.45) is 0 Å². The average molecular weight is 281 g/mol. The Labute approximate surface area is 116 Å². The number of aliphatic hydroxyl groups excluding tert-OH is 1. The predicted octanol–water partition coefficient (Wildman–Crippen LogP) is 2.45. The van der Waals surface area contributed by atoms with E-state index < -0.39 is 0 Å². The van der Waals surface area contributed by atoms with Gasteiger partial charge in [-0.3, -0.25) is 0 Å². The van der Waals surface area contributed by atoms with Gasteiger partial charge in [0.05, 0.1) is 12.0 Å². The van der Waals surface area contributed by atoms with Gasteiger partial charge in [-0.05, 0) is 19.4 Å². The summed E-state index contributed by atoms with van der Waals surface area (Å²) in [6, 6.07) is 2.09. The molecule has 104 valence electrons. The van der Waals surface area contributed by atoms with E-state index in [1.165, 1.54) is 4.88 Å². The maximum absolute atomic E-state index is 8.82. The van der Waals surface area contributed by atoms with Gasteiger partial charge in [-0.15, -0.1) is 11.3 Å². The number of aliphatic hydroxyl groups is 1. The highest BCUT2D eigenvalue weighted by molar-refractivity contribution is 7.18. The maximum Gasteiger partial charge on any atom is 0.227 e. The van der Waals surface area contributed by atoms with Gasteiger partial charge in [0.2, 0.25) is 11.8 Å². The molecule has 0 fully saturated rings. The zero-order valence-corrected chi connectivity index (χ0v) is 12.1. The molecule has 0 amide bonds. The van der Waals surface area contributed by atoms with E-state index >= 15 is 0 Å². The fourth-order valence-electron chi connectivity index (χ4n) is 1.70. The molecule has 0 aliphatic carbocycles. The second-order valence-corrected chi connectivity index (χ2v) is 5.21. The van der Waals surface area contributed by atoms with Crippen LogP contribution in [-0.4, -0.2) is 34.8 Å². The van der Waals surface area contributed by atoms with Gasteiger partial charge in [0, 0.05) is 24.4 Å². The second-order valence-electron chi connectivity index (χ2n) is 4.09. The fraction of sp³-hybridized carbons (Fsp3) is 0.538. The first-order valence-corrected chi connectivity index (χ1v) is 7.38. The molecule has 2 aromatic rings. The first-order chi connectivity index (χ1) is 9.28. The molecule has 0 saturated carbocycles. The third kappa shape index (κ3) is 3.33. The number of hydrogen-bond donors (Lipinski definition) is 2. The second kappa shape index (κ2) is 6.68. The van der Waals surface area contributed by atoms with Crippen LogP contribution in [0.25, 0.3) is 10.2 Å². The summed E-state index contributed by atoms with van der Waals surface area (Å²) < 4.78 is 5.66. The molecule has 0 aliphatic rings. The molecule has 0 atom stereocenters. The van der Waals surface area contributed by atoms with E-state index in [2.05, 4.69) is 28.3 Å². The van der Waals surface area contributed by atoms with Crippen molar-refractivity contribution in [1.29, 1.82) is 0 Å². The van der Waals surface area contributed by atoms with Crippen molar-refractivity contribution in [2.75, 3.05) is 25.1 Å². The van der Waals surface area contributed by atoms with Crippen LogP contribution in [-0.2, 0) is 6.42 Å². The minimum Gasteiger partial charge on any atom is -0.477 e. The Morgan fingerprint density at radius 3 is 2.89 bits per heavy atom. The summed E-state index contributed by atoms with van der Waals surface area (Å²) in [5.74, 6) is 1.20. The molecule has 0 spiro atoms. The standard InChI is InChI=1S/C13H19N3O2S/c1-3-9-8-10-11(18-7-5-6-17)15-13(14-4-2)16-12(10)19-9/h8,17H,3-7H2,1-2H3,(H,14,15,16). The third-order valence-electron chi connectivity index (χ3n) is 2.63. The molecule has 2 heterocycles. The van der Waals surface area contributed by atoms with Crippen molar-refractivity contribution >= 4 is 27.5 Å². The smallest absolute Gasteiger partial charge is 0.227 e. The molecular formula is C13H19N3O2S. The van der Waals surface area contributed by atoms with Crippen LogP contribution in [0.4, 0.5) is 5.95 Å². The zero-order valence-electron chi connectivity index (χ0n) is 11.3. The number of ether oxygens (including phenoxy) is 1. The lowest BCUT2D eigenvalue weighted by Crippen LogP contribution is -2.06. The number of fused-ring (bicyclic) bond motifs is 1. The van der Waals surface area contributed by atoms with Gasteiger partial charge in [-0.1, -0.05) is 6.92 Å². The summed E-state index contributed by atoms with van der Waals surface area (Å²) in [7, 11) is 0. The van der Waals surface area contributed by atoms with E-state index in [0.717, 1.165) is 23.2 Å². The monoisotopic (exact) mass is 281 g/mol. The van der Waals surface area contributed by atoms with E-state index in [1.54, 1.807) is 11.3 Å². The molecule has 2 rings (SSSR count). The van der Waals surface area contributed by atoms with Crippen molar-refractivity contribution in [3.8, 4) is 5.88 Å². The van der Waals surface area contributed by atoms with E-state index in [-0.39, 0.29) is 6.61 Å². The molecule has 5 nitrogen and oxygen atoms in total. The van der Waals surface area contributed by atoms with Crippen molar-refractivity contribution in [1.82, 2.24) is 9.97 Å². The first kappa shape index (κ1) is 14.0. The van der Waals surface area contributed by atoms with Gasteiger partial charge < -0.3 is 15.2 Å². The predicted molar refractivity (Wildman–Crippen MR) is 78.2 cm³/mol. The summed E-state index contributed by atoms with van der Waals surface area (Å²) in [6.07, 6.45) is 1.58. The molecule has 0 saturated heterocycles. The topological polar surface area (TPSA) is 67.3 Å². The van der Waals surface area contributed by atoms with Crippen LogP contribution >= 0.6 is 11.3 Å². The van der Waals surface area contributed by atoms with Gasteiger partial charge in [-0.2, -0.15) is 4.98 Å². The van der Waals surface area contributed by atoms with Crippen molar-refractivity contribution in [3.63, 3.8) is 0 Å². The number of hydrogen-bond acceptors (Lipinski definition) is 6. The van der Waals surface area contributed by atoms with Crippen LogP contribution in [0.2, 0.25) is 0 Å². The number of rotatable bonds is 7. The van der Waals surface area contributed by atoms with Crippen molar-refractivity contribution < 1.29 is 9.84 Å². The van der Waals surface area contributed by atoms with Crippen LogP contribution in [0.1, 0.15) is 25.1 Å². The highest BCUT2D eigenvalue weighted by Crippen LogP contribution is 2.31. The van der Waals surface area contributed by atoms with E-state index in [4.69, 9.17) is 9.84 Å². The lowest BCUT2D eigenvalue weighted by Gasteiger charge is -2.07. The Kier molecular flexibility index (Phi) is 4.93. The number of anilines is 1. The highest BCUT2D eigenvalue weighted by atomic mass is 32.1. The van der Waals surface area contributed by atoms with Crippen LogP contribution in [0, 0.1) is 0 Å².